The molecular weight excluding hydrogens is 408 g/mol. The summed E-state index contributed by atoms with van der Waals surface area (Å²) in [6.45, 7) is 3.72. The molecular formula is C22H18N8O2. The summed E-state index contributed by atoms with van der Waals surface area (Å²) in [4.78, 5) is 21.1. The van der Waals surface area contributed by atoms with Crippen LogP contribution in [0.3, 0.4) is 0 Å². The molecule has 3 N–H and O–H groups in total. The highest BCUT2D eigenvalue weighted by Gasteiger charge is 2.33. The topological polar surface area (TPSA) is 122 Å². The minimum absolute atomic E-state index is 0.413. The minimum atomic E-state index is -0.702. The van der Waals surface area contributed by atoms with Crippen molar-refractivity contribution in [3.8, 4) is 11.3 Å². The van der Waals surface area contributed by atoms with Crippen LogP contribution in [-0.2, 0) is 10.3 Å². The average Bonchev–Trinajstić information content (AvgIpc) is 3.38. The standard InChI is InChI=1S/C22H18N8O2/c1-22(2)15-7-6-12(10-17(15)26-21(31)32-22)25-20-27-19-18(23-8-9-30(19)29-20)13-4-3-5-16-14(13)11-24-28-16/h3-11H,1-2H3,(H,24,28)(H,25,29)(H,26,31). The highest BCUT2D eigenvalue weighted by Crippen LogP contribution is 2.37. The zero-order valence-electron chi connectivity index (χ0n) is 17.2. The number of nitrogens with zero attached hydrogens (tertiary/aromatic N) is 5. The average molecular weight is 426 g/mol. The molecule has 4 heterocycles. The predicted molar refractivity (Wildman–Crippen MR) is 119 cm³/mol. The first-order valence-electron chi connectivity index (χ1n) is 10.0. The van der Waals surface area contributed by atoms with Gasteiger partial charge in [-0.15, -0.1) is 5.10 Å². The molecule has 3 aromatic heterocycles. The molecule has 0 bridgehead atoms. The Labute approximate surface area is 181 Å². The van der Waals surface area contributed by atoms with Gasteiger partial charge in [-0.3, -0.25) is 15.4 Å². The number of hydrogen-bond acceptors (Lipinski definition) is 7. The van der Waals surface area contributed by atoms with Crippen molar-refractivity contribution in [1.29, 1.82) is 0 Å². The Hall–Kier alpha value is -4.47. The van der Waals surface area contributed by atoms with Gasteiger partial charge >= 0.3 is 6.09 Å². The molecule has 1 amide bonds. The van der Waals surface area contributed by atoms with Crippen LogP contribution in [0.5, 0.6) is 0 Å². The van der Waals surface area contributed by atoms with Crippen molar-refractivity contribution in [3.63, 3.8) is 0 Å². The van der Waals surface area contributed by atoms with E-state index in [9.17, 15) is 4.79 Å². The van der Waals surface area contributed by atoms with Crippen molar-refractivity contribution in [3.05, 3.63) is 60.6 Å². The van der Waals surface area contributed by atoms with Crippen LogP contribution in [0.4, 0.5) is 22.1 Å². The Kier molecular flexibility index (Phi) is 3.73. The van der Waals surface area contributed by atoms with Gasteiger partial charge in [-0.2, -0.15) is 10.1 Å². The van der Waals surface area contributed by atoms with Crippen LogP contribution in [0.15, 0.2) is 55.0 Å². The zero-order valence-corrected chi connectivity index (χ0v) is 17.2. The fraction of sp³-hybridized carbons (Fsp3) is 0.136. The van der Waals surface area contributed by atoms with E-state index in [-0.39, 0.29) is 0 Å². The summed E-state index contributed by atoms with van der Waals surface area (Å²) in [6, 6.07) is 11.6. The number of rotatable bonds is 3. The number of fused-ring (bicyclic) bond motifs is 3. The molecule has 10 nitrogen and oxygen atoms in total. The smallest absolute Gasteiger partial charge is 0.412 e. The number of cyclic esters (lactones) is 1. The molecule has 0 saturated heterocycles. The highest BCUT2D eigenvalue weighted by molar-refractivity contribution is 5.96. The number of H-pyrrole nitrogens is 1. The van der Waals surface area contributed by atoms with E-state index in [1.54, 1.807) is 23.1 Å². The van der Waals surface area contributed by atoms with Crippen LogP contribution in [0.1, 0.15) is 19.4 Å². The highest BCUT2D eigenvalue weighted by atomic mass is 16.6. The van der Waals surface area contributed by atoms with E-state index < -0.39 is 11.7 Å². The molecule has 0 aliphatic carbocycles. The van der Waals surface area contributed by atoms with Gasteiger partial charge in [-0.05, 0) is 32.0 Å². The lowest BCUT2D eigenvalue weighted by molar-refractivity contribution is 0.0421. The number of ether oxygens (including phenoxy) is 1. The second-order valence-electron chi connectivity index (χ2n) is 8.03. The zero-order chi connectivity index (χ0) is 21.9. The third-order valence-electron chi connectivity index (χ3n) is 5.50. The number of anilines is 3. The Balaban J connectivity index is 1.39. The summed E-state index contributed by atoms with van der Waals surface area (Å²) in [5.41, 5.74) is 4.78. The lowest BCUT2D eigenvalue weighted by atomic mass is 9.94. The molecule has 0 saturated carbocycles. The van der Waals surface area contributed by atoms with Gasteiger partial charge in [0.2, 0.25) is 5.95 Å². The fourth-order valence-electron chi connectivity index (χ4n) is 4.04. The first-order chi connectivity index (χ1) is 15.5. The summed E-state index contributed by atoms with van der Waals surface area (Å²) in [6.07, 6.45) is 4.74. The molecule has 10 heteroatoms. The van der Waals surface area contributed by atoms with Gasteiger partial charge < -0.3 is 10.1 Å². The van der Waals surface area contributed by atoms with Crippen molar-refractivity contribution in [2.24, 2.45) is 0 Å². The molecule has 158 valence electrons. The Morgan fingerprint density at radius 3 is 3.00 bits per heavy atom. The third kappa shape index (κ3) is 2.84. The number of hydrogen-bond donors (Lipinski definition) is 3. The summed E-state index contributed by atoms with van der Waals surface area (Å²) < 4.78 is 7.05. The van der Waals surface area contributed by atoms with Gasteiger partial charge in [0, 0.05) is 34.6 Å². The lowest BCUT2D eigenvalue weighted by Gasteiger charge is -2.32. The second kappa shape index (κ2) is 6.51. The van der Waals surface area contributed by atoms with Crippen molar-refractivity contribution < 1.29 is 9.53 Å². The SMILES string of the molecule is CC1(C)OC(=O)Nc2cc(Nc3nc4c(-c5cccc6[nH]ncc56)nccn4n3)ccc21. The Morgan fingerprint density at radius 1 is 1.19 bits per heavy atom. The van der Waals surface area contributed by atoms with Crippen LogP contribution in [0, 0.1) is 0 Å². The van der Waals surface area contributed by atoms with E-state index in [1.165, 1.54) is 0 Å². The predicted octanol–water partition coefficient (Wildman–Crippen LogP) is 4.21. The van der Waals surface area contributed by atoms with E-state index in [0.29, 0.717) is 23.0 Å². The van der Waals surface area contributed by atoms with Crippen LogP contribution in [-0.4, -0.2) is 35.9 Å². The monoisotopic (exact) mass is 426 g/mol. The number of nitrogens with one attached hydrogen (secondary N) is 3. The summed E-state index contributed by atoms with van der Waals surface area (Å²) in [5, 5.41) is 18.6. The van der Waals surface area contributed by atoms with Gasteiger partial charge in [0.25, 0.3) is 0 Å². The molecule has 0 spiro atoms. The minimum Gasteiger partial charge on any atom is -0.438 e. The van der Waals surface area contributed by atoms with Gasteiger partial charge in [0.05, 0.1) is 17.4 Å². The maximum atomic E-state index is 11.9. The summed E-state index contributed by atoms with van der Waals surface area (Å²) in [5.74, 6) is 0.413. The number of amides is 1. The molecule has 0 unspecified atom stereocenters. The van der Waals surface area contributed by atoms with Crippen molar-refractivity contribution in [2.45, 2.75) is 19.4 Å². The maximum Gasteiger partial charge on any atom is 0.412 e. The number of aromatic amines is 1. The fourth-order valence-corrected chi connectivity index (χ4v) is 4.04. The van der Waals surface area contributed by atoms with Gasteiger partial charge in [-0.25, -0.2) is 9.31 Å². The van der Waals surface area contributed by atoms with Gasteiger partial charge in [-0.1, -0.05) is 18.2 Å². The lowest BCUT2D eigenvalue weighted by Crippen LogP contribution is -2.34. The molecule has 0 fully saturated rings. The largest absolute Gasteiger partial charge is 0.438 e. The molecule has 6 rings (SSSR count). The van der Waals surface area contributed by atoms with Gasteiger partial charge in [0.1, 0.15) is 11.3 Å². The molecule has 32 heavy (non-hydrogen) atoms. The van der Waals surface area contributed by atoms with Crippen LogP contribution < -0.4 is 10.6 Å². The first kappa shape index (κ1) is 18.3. The van der Waals surface area contributed by atoms with E-state index in [0.717, 1.165) is 27.7 Å². The number of carbonyl (C=O) groups excluding carboxylic acids is 1. The van der Waals surface area contributed by atoms with Crippen LogP contribution >= 0.6 is 0 Å². The molecule has 5 aromatic rings. The molecule has 1 aliphatic heterocycles. The first-order valence-corrected chi connectivity index (χ1v) is 10.0. The van der Waals surface area contributed by atoms with Crippen molar-refractivity contribution >= 4 is 40.0 Å². The van der Waals surface area contributed by atoms with E-state index in [2.05, 4.69) is 35.9 Å². The van der Waals surface area contributed by atoms with Crippen LogP contribution in [0.2, 0.25) is 0 Å². The number of benzene rings is 2. The van der Waals surface area contributed by atoms with Gasteiger partial charge in [0.15, 0.2) is 5.65 Å². The van der Waals surface area contributed by atoms with E-state index in [4.69, 9.17) is 4.74 Å². The van der Waals surface area contributed by atoms with Crippen molar-refractivity contribution in [1.82, 2.24) is 29.8 Å². The molecule has 1 aliphatic rings. The molecule has 0 atom stereocenters. The quantitative estimate of drug-likeness (QED) is 0.395. The molecule has 0 radical (unpaired) electrons. The molecule has 2 aromatic carbocycles. The van der Waals surface area contributed by atoms with Crippen molar-refractivity contribution in [2.75, 3.05) is 10.6 Å². The number of aromatic nitrogens is 6. The van der Waals surface area contributed by atoms with Crippen LogP contribution in [0.25, 0.3) is 27.8 Å². The van der Waals surface area contributed by atoms with E-state index in [1.807, 2.05) is 50.2 Å². The van der Waals surface area contributed by atoms with E-state index >= 15 is 0 Å². The summed E-state index contributed by atoms with van der Waals surface area (Å²) >= 11 is 0. The Morgan fingerprint density at radius 2 is 2.09 bits per heavy atom. The normalized spacial score (nSPS) is 14.8. The maximum absolute atomic E-state index is 11.9. The number of carbonyl (C=O) groups is 1. The third-order valence-corrected chi connectivity index (χ3v) is 5.50. The Bertz CT molecular complexity index is 1520. The second-order valence-corrected chi connectivity index (χ2v) is 8.03. The summed E-state index contributed by atoms with van der Waals surface area (Å²) in [7, 11) is 0.